The Morgan fingerprint density at radius 1 is 0.964 bits per heavy atom. The molecule has 5 nitrogen and oxygen atoms in total. The largest absolute Gasteiger partial charge is 0.276 e. The Bertz CT molecular complexity index is 1160. The zero-order valence-corrected chi connectivity index (χ0v) is 18.6. The van der Waals surface area contributed by atoms with E-state index in [-0.39, 0.29) is 14.9 Å². The van der Waals surface area contributed by atoms with Crippen LogP contribution in [0.2, 0.25) is 20.1 Å². The van der Waals surface area contributed by atoms with Crippen LogP contribution in [0.1, 0.15) is 17.0 Å². The smallest absolute Gasteiger partial charge is 0.263 e. The van der Waals surface area contributed by atoms with E-state index in [1.807, 2.05) is 0 Å². The van der Waals surface area contributed by atoms with E-state index in [9.17, 15) is 8.42 Å². The van der Waals surface area contributed by atoms with Gasteiger partial charge in [0.05, 0.1) is 28.6 Å². The van der Waals surface area contributed by atoms with Gasteiger partial charge in [0.15, 0.2) is 0 Å². The van der Waals surface area contributed by atoms with Gasteiger partial charge in [-0.15, -0.1) is 0 Å². The number of benzene rings is 2. The number of aromatic nitrogens is 2. The first kappa shape index (κ1) is 21.3. The molecule has 0 aliphatic rings. The van der Waals surface area contributed by atoms with E-state index in [1.165, 1.54) is 18.2 Å². The van der Waals surface area contributed by atoms with Crippen LogP contribution in [0, 0.1) is 13.8 Å². The van der Waals surface area contributed by atoms with Crippen molar-refractivity contribution in [2.24, 2.45) is 0 Å². The van der Waals surface area contributed by atoms with Crippen molar-refractivity contribution in [3.63, 3.8) is 0 Å². The van der Waals surface area contributed by atoms with Crippen LogP contribution >= 0.6 is 46.4 Å². The van der Waals surface area contributed by atoms with Gasteiger partial charge in [-0.05, 0) is 49.7 Å². The van der Waals surface area contributed by atoms with E-state index < -0.39 is 10.0 Å². The Balaban J connectivity index is 1.95. The summed E-state index contributed by atoms with van der Waals surface area (Å²) >= 11 is 24.1. The molecule has 0 atom stereocenters. The molecule has 1 N–H and O–H groups in total. The molecule has 0 fully saturated rings. The summed E-state index contributed by atoms with van der Waals surface area (Å²) in [5, 5.41) is 5.82. The molecule has 0 bridgehead atoms. The first-order valence-electron chi connectivity index (χ1n) is 8.04. The number of aryl methyl sites for hydroxylation is 1. The van der Waals surface area contributed by atoms with Gasteiger partial charge in [0.1, 0.15) is 4.90 Å². The Kier molecular flexibility index (Phi) is 6.17. The maximum atomic E-state index is 12.8. The highest BCUT2D eigenvalue weighted by molar-refractivity contribution is 7.92. The van der Waals surface area contributed by atoms with Crippen molar-refractivity contribution < 1.29 is 8.42 Å². The molecule has 0 spiro atoms. The molecule has 2 aromatic carbocycles. The third-order valence-electron chi connectivity index (χ3n) is 4.14. The van der Waals surface area contributed by atoms with E-state index in [0.717, 1.165) is 5.56 Å². The molecule has 3 rings (SSSR count). The lowest BCUT2D eigenvalue weighted by molar-refractivity contribution is 0.601. The van der Waals surface area contributed by atoms with Gasteiger partial charge in [0, 0.05) is 15.1 Å². The predicted octanol–water partition coefficient (Wildman–Crippen LogP) is 5.96. The average molecular weight is 479 g/mol. The number of halogens is 4. The topological polar surface area (TPSA) is 64.0 Å². The summed E-state index contributed by atoms with van der Waals surface area (Å²) in [4.78, 5) is -0.103. The molecule has 1 aromatic heterocycles. The Hall–Kier alpha value is -1.44. The zero-order chi connectivity index (χ0) is 20.6. The van der Waals surface area contributed by atoms with E-state index in [4.69, 9.17) is 46.4 Å². The Labute approximate surface area is 183 Å². The van der Waals surface area contributed by atoms with Gasteiger partial charge in [-0.2, -0.15) is 5.10 Å². The molecule has 0 radical (unpaired) electrons. The fourth-order valence-electron chi connectivity index (χ4n) is 2.68. The lowest BCUT2D eigenvalue weighted by Gasteiger charge is -2.11. The van der Waals surface area contributed by atoms with Crippen LogP contribution in [0.3, 0.4) is 0 Å². The molecule has 0 aliphatic heterocycles. The number of nitrogens with one attached hydrogen (secondary N) is 1. The highest BCUT2D eigenvalue weighted by Crippen LogP contribution is 2.30. The van der Waals surface area contributed by atoms with E-state index in [1.54, 1.807) is 36.7 Å². The summed E-state index contributed by atoms with van der Waals surface area (Å²) in [6, 6.07) is 9.44. The van der Waals surface area contributed by atoms with Crippen LogP contribution in [-0.4, -0.2) is 18.2 Å². The molecule has 1 heterocycles. The molecule has 3 aromatic rings. The monoisotopic (exact) mass is 477 g/mol. The van der Waals surface area contributed by atoms with Gasteiger partial charge >= 0.3 is 0 Å². The van der Waals surface area contributed by atoms with Gasteiger partial charge in [-0.3, -0.25) is 9.40 Å². The lowest BCUT2D eigenvalue weighted by atomic mass is 10.2. The predicted molar refractivity (Wildman–Crippen MR) is 115 cm³/mol. The van der Waals surface area contributed by atoms with Crippen molar-refractivity contribution in [1.29, 1.82) is 0 Å². The third kappa shape index (κ3) is 4.42. The maximum absolute atomic E-state index is 12.8. The van der Waals surface area contributed by atoms with Crippen molar-refractivity contribution in [2.45, 2.75) is 25.3 Å². The molecule has 10 heteroatoms. The summed E-state index contributed by atoms with van der Waals surface area (Å²) in [6.07, 6.45) is 0. The Morgan fingerprint density at radius 2 is 1.61 bits per heavy atom. The molecule has 28 heavy (non-hydrogen) atoms. The zero-order valence-electron chi connectivity index (χ0n) is 14.8. The number of sulfonamides is 1. The quantitative estimate of drug-likeness (QED) is 0.491. The molecular formula is C18H15Cl4N3O2S. The fourth-order valence-corrected chi connectivity index (χ4v) is 5.09. The van der Waals surface area contributed by atoms with Crippen LogP contribution < -0.4 is 4.72 Å². The van der Waals surface area contributed by atoms with Crippen molar-refractivity contribution in [3.05, 3.63) is 73.4 Å². The molecule has 0 saturated heterocycles. The van der Waals surface area contributed by atoms with Gasteiger partial charge in [0.25, 0.3) is 10.0 Å². The first-order valence-corrected chi connectivity index (χ1v) is 11.0. The second kappa shape index (κ2) is 8.13. The third-order valence-corrected chi connectivity index (χ3v) is 6.79. The molecule has 148 valence electrons. The highest BCUT2D eigenvalue weighted by Gasteiger charge is 2.23. The van der Waals surface area contributed by atoms with E-state index in [0.29, 0.717) is 33.7 Å². The first-order chi connectivity index (χ1) is 13.1. The highest BCUT2D eigenvalue weighted by atomic mass is 35.5. The van der Waals surface area contributed by atoms with Crippen LogP contribution in [0.4, 0.5) is 5.69 Å². The summed E-state index contributed by atoms with van der Waals surface area (Å²) in [5.74, 6) is 0. The van der Waals surface area contributed by atoms with Gasteiger partial charge in [-0.1, -0.05) is 52.5 Å². The molecule has 0 amide bonds. The summed E-state index contributed by atoms with van der Waals surface area (Å²) in [5.41, 5.74) is 2.33. The van der Waals surface area contributed by atoms with E-state index >= 15 is 0 Å². The summed E-state index contributed by atoms with van der Waals surface area (Å²) in [7, 11) is -3.95. The van der Waals surface area contributed by atoms with Gasteiger partial charge < -0.3 is 0 Å². The van der Waals surface area contributed by atoms with Crippen molar-refractivity contribution >= 4 is 62.1 Å². The summed E-state index contributed by atoms with van der Waals surface area (Å²) in [6.45, 7) is 3.84. The normalized spacial score (nSPS) is 11.6. The standard InChI is InChI=1S/C18H15Cl4N3O2S/c1-10-18(24-28(26,27)17-8-14(20)5-6-15(17)21)11(2)25(23-10)9-12-3-4-13(19)7-16(12)22/h3-8,24H,9H2,1-2H3. The fraction of sp³-hybridized carbons (Fsp3) is 0.167. The SMILES string of the molecule is Cc1nn(Cc2ccc(Cl)cc2Cl)c(C)c1NS(=O)(=O)c1cc(Cl)ccc1Cl. The van der Waals surface area contributed by atoms with Crippen LogP contribution in [0.5, 0.6) is 0 Å². The van der Waals surface area contributed by atoms with Crippen molar-refractivity contribution in [2.75, 3.05) is 4.72 Å². The minimum atomic E-state index is -3.95. The average Bonchev–Trinajstić information content (AvgIpc) is 2.86. The summed E-state index contributed by atoms with van der Waals surface area (Å²) < 4.78 is 29.9. The van der Waals surface area contributed by atoms with Gasteiger partial charge in [-0.25, -0.2) is 8.42 Å². The lowest BCUT2D eigenvalue weighted by Crippen LogP contribution is -2.15. The van der Waals surface area contributed by atoms with E-state index in [2.05, 4.69) is 9.82 Å². The van der Waals surface area contributed by atoms with Crippen molar-refractivity contribution in [1.82, 2.24) is 9.78 Å². The second-order valence-corrected chi connectivity index (χ2v) is 9.46. The number of nitrogens with zero attached hydrogens (tertiary/aromatic N) is 2. The minimum absolute atomic E-state index is 0.0764. The second-order valence-electron chi connectivity index (χ2n) is 6.12. The molecule has 0 unspecified atom stereocenters. The number of hydrogen-bond acceptors (Lipinski definition) is 3. The molecule has 0 saturated carbocycles. The van der Waals surface area contributed by atoms with Crippen LogP contribution in [0.15, 0.2) is 41.3 Å². The van der Waals surface area contributed by atoms with Crippen LogP contribution in [-0.2, 0) is 16.6 Å². The number of rotatable bonds is 5. The minimum Gasteiger partial charge on any atom is -0.276 e. The van der Waals surface area contributed by atoms with Gasteiger partial charge in [0.2, 0.25) is 0 Å². The number of anilines is 1. The maximum Gasteiger partial charge on any atom is 0.263 e. The Morgan fingerprint density at radius 3 is 2.29 bits per heavy atom. The number of hydrogen-bond donors (Lipinski definition) is 1. The molecular weight excluding hydrogens is 464 g/mol. The van der Waals surface area contributed by atoms with Crippen LogP contribution in [0.25, 0.3) is 0 Å². The van der Waals surface area contributed by atoms with Crippen molar-refractivity contribution in [3.8, 4) is 0 Å². The molecule has 0 aliphatic carbocycles.